The molecule has 0 amide bonds. The van der Waals surface area contributed by atoms with Crippen molar-refractivity contribution in [2.45, 2.75) is 72.6 Å². The highest BCUT2D eigenvalue weighted by Gasteiger charge is 2.34. The number of carboxylic acids is 1. The van der Waals surface area contributed by atoms with Gasteiger partial charge in [0.05, 0.1) is 24.6 Å². The van der Waals surface area contributed by atoms with Gasteiger partial charge in [0.15, 0.2) is 0 Å². The highest BCUT2D eigenvalue weighted by atomic mass is 31.2. The molecular formula is C19H42NO2P. The largest absolute Gasteiger partial charge is 0.550 e. The number of unbranched alkanes of at least 4 members (excludes halogenated alkanes) is 3. The Bertz CT molecular complexity index is 244. The smallest absolute Gasteiger partial charge is 0.0606 e. The molecule has 0 aliphatic heterocycles. The van der Waals surface area contributed by atoms with Crippen molar-refractivity contribution in [2.24, 2.45) is 0 Å². The number of carboxylic acid groups (broad SMARTS) is 1. The van der Waals surface area contributed by atoms with E-state index in [2.05, 4.69) is 39.8 Å². The molecule has 0 spiro atoms. The van der Waals surface area contributed by atoms with Gasteiger partial charge in [-0.15, -0.1) is 0 Å². The molecule has 0 aromatic carbocycles. The highest BCUT2D eigenvalue weighted by Crippen LogP contribution is 2.61. The predicted molar refractivity (Wildman–Crippen MR) is 105 cm³/mol. The molecule has 0 aromatic rings. The second-order valence-electron chi connectivity index (χ2n) is 6.95. The number of rotatable bonds is 13. The predicted octanol–water partition coefficient (Wildman–Crippen LogP) is 4.11. The van der Waals surface area contributed by atoms with Crippen LogP contribution < -0.4 is 5.11 Å². The first kappa shape index (κ1) is 25.1. The van der Waals surface area contributed by atoms with E-state index in [1.807, 2.05) is 0 Å². The third-order valence-electron chi connectivity index (χ3n) is 4.20. The van der Waals surface area contributed by atoms with E-state index in [9.17, 15) is 0 Å². The summed E-state index contributed by atoms with van der Waals surface area (Å²) >= 11 is 0. The van der Waals surface area contributed by atoms with E-state index >= 15 is 0 Å². The van der Waals surface area contributed by atoms with Crippen molar-refractivity contribution < 1.29 is 9.90 Å². The van der Waals surface area contributed by atoms with Crippen molar-refractivity contribution in [3.05, 3.63) is 0 Å². The molecule has 3 nitrogen and oxygen atoms in total. The number of aliphatic carboxylic acids is 1. The SMILES string of the molecule is CC(=O)[O-].CCCC[P+](CCCC)(CCCC)CCCN(C)C. The zero-order valence-corrected chi connectivity index (χ0v) is 17.6. The molecule has 0 rings (SSSR count). The molecule has 0 saturated heterocycles. The normalized spacial score (nSPS) is 11.3. The molecule has 0 fully saturated rings. The molecule has 0 saturated carbocycles. The summed E-state index contributed by atoms with van der Waals surface area (Å²) in [6.45, 7) is 9.32. The summed E-state index contributed by atoms with van der Waals surface area (Å²) in [5.41, 5.74) is 0. The van der Waals surface area contributed by atoms with Gasteiger partial charge in [-0.2, -0.15) is 0 Å². The molecule has 0 radical (unpaired) electrons. The van der Waals surface area contributed by atoms with Gasteiger partial charge >= 0.3 is 0 Å². The number of hydrogen-bond donors (Lipinski definition) is 0. The molecule has 0 bridgehead atoms. The second-order valence-corrected chi connectivity index (χ2v) is 11.4. The summed E-state index contributed by atoms with van der Waals surface area (Å²) in [7, 11) is 3.80. The summed E-state index contributed by atoms with van der Waals surface area (Å²) in [5, 5.41) is 8.89. The molecule has 0 atom stereocenters. The van der Waals surface area contributed by atoms with Gasteiger partial charge in [0.2, 0.25) is 0 Å². The van der Waals surface area contributed by atoms with Crippen LogP contribution in [0.3, 0.4) is 0 Å². The molecular weight excluding hydrogens is 305 g/mol. The summed E-state index contributed by atoms with van der Waals surface area (Å²) in [5.74, 6) is -1.08. The van der Waals surface area contributed by atoms with Crippen molar-refractivity contribution in [1.29, 1.82) is 0 Å². The van der Waals surface area contributed by atoms with Crippen LogP contribution in [0.25, 0.3) is 0 Å². The van der Waals surface area contributed by atoms with Crippen LogP contribution in [0.2, 0.25) is 0 Å². The zero-order valence-electron chi connectivity index (χ0n) is 16.7. The van der Waals surface area contributed by atoms with E-state index in [4.69, 9.17) is 9.90 Å². The molecule has 0 aliphatic carbocycles. The minimum absolute atomic E-state index is 0.629. The van der Waals surface area contributed by atoms with Crippen LogP contribution in [0.4, 0.5) is 0 Å². The lowest BCUT2D eigenvalue weighted by atomic mass is 10.4. The summed E-state index contributed by atoms with van der Waals surface area (Å²) in [6, 6.07) is 0. The van der Waals surface area contributed by atoms with Crippen molar-refractivity contribution >= 4 is 13.2 Å². The number of carbonyl (C=O) groups is 1. The summed E-state index contributed by atoms with van der Waals surface area (Å²) in [4.78, 5) is 11.2. The maximum atomic E-state index is 8.89. The standard InChI is InChI=1S/C17H39NP.C2H4O2/c1-6-9-14-19(15-10-7-2,16-11-8-3)17-12-13-18(4)5;1-2(3)4/h6-17H2,1-5H3;1H3,(H,3,4)/q+1;/p-1. The monoisotopic (exact) mass is 347 g/mol. The highest BCUT2D eigenvalue weighted by molar-refractivity contribution is 7.75. The van der Waals surface area contributed by atoms with Gasteiger partial charge in [-0.25, -0.2) is 0 Å². The topological polar surface area (TPSA) is 43.4 Å². The van der Waals surface area contributed by atoms with Crippen molar-refractivity contribution in [1.82, 2.24) is 4.90 Å². The first-order valence-electron chi connectivity index (χ1n) is 9.51. The number of nitrogens with zero attached hydrogens (tertiary/aromatic N) is 1. The molecule has 23 heavy (non-hydrogen) atoms. The van der Waals surface area contributed by atoms with Crippen LogP contribution in [0.15, 0.2) is 0 Å². The van der Waals surface area contributed by atoms with Crippen molar-refractivity contribution in [3.63, 3.8) is 0 Å². The van der Waals surface area contributed by atoms with Crippen molar-refractivity contribution in [3.8, 4) is 0 Å². The Labute approximate surface area is 146 Å². The number of carbonyl (C=O) groups excluding carboxylic acids is 1. The van der Waals surface area contributed by atoms with E-state index in [1.165, 1.54) is 51.5 Å². The van der Waals surface area contributed by atoms with Gasteiger partial charge in [0.1, 0.15) is 0 Å². The Balaban J connectivity index is 0. The average molecular weight is 348 g/mol. The molecule has 0 aliphatic rings. The van der Waals surface area contributed by atoms with Crippen LogP contribution in [-0.4, -0.2) is 56.2 Å². The Morgan fingerprint density at radius 2 is 1.13 bits per heavy atom. The second kappa shape index (κ2) is 16.7. The number of hydrogen-bond acceptors (Lipinski definition) is 3. The van der Waals surface area contributed by atoms with Gasteiger partial charge in [-0.3, -0.25) is 0 Å². The lowest BCUT2D eigenvalue weighted by Crippen LogP contribution is -2.18. The average Bonchev–Trinajstić information content (AvgIpc) is 2.47. The van der Waals surface area contributed by atoms with E-state index in [1.54, 1.807) is 24.6 Å². The Hall–Kier alpha value is -0.140. The Morgan fingerprint density at radius 1 is 0.826 bits per heavy atom. The third-order valence-corrected chi connectivity index (χ3v) is 9.26. The molecule has 140 valence electrons. The van der Waals surface area contributed by atoms with E-state index < -0.39 is 13.2 Å². The van der Waals surface area contributed by atoms with Crippen LogP contribution in [-0.2, 0) is 4.79 Å². The Morgan fingerprint density at radius 3 is 1.39 bits per heavy atom. The summed E-state index contributed by atoms with van der Waals surface area (Å²) < 4.78 is 0. The van der Waals surface area contributed by atoms with E-state index in [0.29, 0.717) is 0 Å². The van der Waals surface area contributed by atoms with E-state index in [-0.39, 0.29) is 0 Å². The van der Waals surface area contributed by atoms with Gasteiger partial charge in [-0.05, 0) is 46.7 Å². The fourth-order valence-electron chi connectivity index (χ4n) is 2.87. The van der Waals surface area contributed by atoms with Crippen molar-refractivity contribution in [2.75, 3.05) is 45.3 Å². The molecule has 0 N–H and O–H groups in total. The third kappa shape index (κ3) is 18.0. The first-order chi connectivity index (χ1) is 10.8. The summed E-state index contributed by atoms with van der Waals surface area (Å²) in [6.07, 6.45) is 16.3. The van der Waals surface area contributed by atoms with Crippen LogP contribution in [0.1, 0.15) is 72.6 Å². The quantitative estimate of drug-likeness (QED) is 0.471. The maximum absolute atomic E-state index is 8.89. The fraction of sp³-hybridized carbons (Fsp3) is 0.947. The lowest BCUT2D eigenvalue weighted by Gasteiger charge is -2.28. The van der Waals surface area contributed by atoms with Crippen LogP contribution in [0, 0.1) is 0 Å². The lowest BCUT2D eigenvalue weighted by molar-refractivity contribution is -0.302. The van der Waals surface area contributed by atoms with Gasteiger partial charge in [0, 0.05) is 19.8 Å². The van der Waals surface area contributed by atoms with Gasteiger partial charge in [0.25, 0.3) is 0 Å². The van der Waals surface area contributed by atoms with Gasteiger partial charge in [-0.1, -0.05) is 40.0 Å². The molecule has 0 heterocycles. The maximum Gasteiger partial charge on any atom is 0.0606 e. The van der Waals surface area contributed by atoms with E-state index in [0.717, 1.165) is 6.92 Å². The van der Waals surface area contributed by atoms with Crippen LogP contribution in [0.5, 0.6) is 0 Å². The minimum Gasteiger partial charge on any atom is -0.550 e. The molecule has 0 aromatic heterocycles. The minimum atomic E-state index is -1.08. The molecule has 0 unspecified atom stereocenters. The Kier molecular flexibility index (Phi) is 18.2. The first-order valence-corrected chi connectivity index (χ1v) is 12.0. The molecule has 4 heteroatoms. The van der Waals surface area contributed by atoms with Crippen LogP contribution >= 0.6 is 7.26 Å². The van der Waals surface area contributed by atoms with Gasteiger partial charge < -0.3 is 14.8 Å². The fourth-order valence-corrected chi connectivity index (χ4v) is 7.99. The zero-order chi connectivity index (χ0) is 18.1.